The van der Waals surface area contributed by atoms with Crippen LogP contribution in [0.3, 0.4) is 0 Å². The average Bonchev–Trinajstić information content (AvgIpc) is 2.41. The van der Waals surface area contributed by atoms with E-state index < -0.39 is 0 Å². The van der Waals surface area contributed by atoms with Crippen molar-refractivity contribution >= 4 is 12.1 Å². The lowest BCUT2D eigenvalue weighted by molar-refractivity contribution is 0.933. The van der Waals surface area contributed by atoms with Gasteiger partial charge in [0.2, 0.25) is 0 Å². The second-order valence-corrected chi connectivity index (χ2v) is 2.07. The van der Waals surface area contributed by atoms with Crippen LogP contribution in [0.2, 0.25) is 0 Å². The summed E-state index contributed by atoms with van der Waals surface area (Å²) in [5.41, 5.74) is 0.586. The SMILES string of the molecule is C=c1c(=O)[nH]n2cncc12. The maximum absolute atomic E-state index is 10.8. The molecule has 0 saturated heterocycles. The van der Waals surface area contributed by atoms with Crippen LogP contribution in [0.15, 0.2) is 17.3 Å². The molecule has 2 aromatic heterocycles. The van der Waals surface area contributed by atoms with Crippen molar-refractivity contribution in [3.05, 3.63) is 28.1 Å². The zero-order chi connectivity index (χ0) is 7.14. The van der Waals surface area contributed by atoms with E-state index in [0.717, 1.165) is 5.52 Å². The molecule has 0 aliphatic heterocycles. The Morgan fingerprint density at radius 2 is 2.50 bits per heavy atom. The van der Waals surface area contributed by atoms with Gasteiger partial charge >= 0.3 is 0 Å². The van der Waals surface area contributed by atoms with Gasteiger partial charge in [-0.15, -0.1) is 0 Å². The number of hydrogen-bond donors (Lipinski definition) is 1. The van der Waals surface area contributed by atoms with Gasteiger partial charge in [-0.2, -0.15) is 0 Å². The van der Waals surface area contributed by atoms with E-state index in [9.17, 15) is 4.79 Å². The Balaban J connectivity index is 3.24. The molecule has 0 spiro atoms. The highest BCUT2D eigenvalue weighted by Gasteiger charge is 1.97. The Morgan fingerprint density at radius 1 is 1.70 bits per heavy atom. The molecule has 0 bridgehead atoms. The van der Waals surface area contributed by atoms with Crippen LogP contribution in [0.5, 0.6) is 0 Å². The first kappa shape index (κ1) is 5.22. The quantitative estimate of drug-likeness (QED) is 0.511. The first-order valence-corrected chi connectivity index (χ1v) is 2.82. The molecule has 2 heterocycles. The van der Waals surface area contributed by atoms with Crippen LogP contribution in [-0.2, 0) is 0 Å². The van der Waals surface area contributed by atoms with Crippen molar-refractivity contribution in [3.8, 4) is 0 Å². The van der Waals surface area contributed by atoms with Crippen LogP contribution in [-0.4, -0.2) is 14.6 Å². The monoisotopic (exact) mass is 135 g/mol. The van der Waals surface area contributed by atoms with Crippen LogP contribution in [0.25, 0.3) is 12.1 Å². The molecule has 0 saturated carbocycles. The Hall–Kier alpha value is -1.58. The number of imidazole rings is 1. The number of fused-ring (bicyclic) bond motifs is 1. The summed E-state index contributed by atoms with van der Waals surface area (Å²) in [5, 5.41) is 3.01. The lowest BCUT2D eigenvalue weighted by Gasteiger charge is -1.74. The molecule has 0 amide bonds. The topological polar surface area (TPSA) is 50.2 Å². The van der Waals surface area contributed by atoms with Gasteiger partial charge in [-0.1, -0.05) is 6.58 Å². The average molecular weight is 135 g/mol. The minimum atomic E-state index is -0.155. The summed E-state index contributed by atoms with van der Waals surface area (Å²) in [5.74, 6) is 0. The zero-order valence-corrected chi connectivity index (χ0v) is 5.16. The Labute approximate surface area is 55.8 Å². The normalized spacial score (nSPS) is 10.8. The van der Waals surface area contributed by atoms with Gasteiger partial charge in [0.1, 0.15) is 6.33 Å². The molecule has 0 atom stereocenters. The number of aromatic amines is 1. The molecule has 2 rings (SSSR count). The second-order valence-electron chi connectivity index (χ2n) is 2.07. The molecule has 0 aliphatic carbocycles. The van der Waals surface area contributed by atoms with Gasteiger partial charge in [0.15, 0.2) is 0 Å². The second kappa shape index (κ2) is 1.47. The summed E-state index contributed by atoms with van der Waals surface area (Å²) in [7, 11) is 0. The molecule has 0 aliphatic rings. The fourth-order valence-corrected chi connectivity index (χ4v) is 0.901. The smallest absolute Gasteiger partial charge is 0.267 e. The highest BCUT2D eigenvalue weighted by Crippen LogP contribution is 1.86. The van der Waals surface area contributed by atoms with E-state index in [1.165, 1.54) is 6.33 Å². The summed E-state index contributed by atoms with van der Waals surface area (Å²) >= 11 is 0. The summed E-state index contributed by atoms with van der Waals surface area (Å²) in [6, 6.07) is 0. The third-order valence-corrected chi connectivity index (χ3v) is 1.44. The molecule has 0 radical (unpaired) electrons. The van der Waals surface area contributed by atoms with Crippen molar-refractivity contribution < 1.29 is 0 Å². The van der Waals surface area contributed by atoms with E-state index in [1.807, 2.05) is 0 Å². The minimum absolute atomic E-state index is 0.155. The van der Waals surface area contributed by atoms with Gasteiger partial charge in [0.25, 0.3) is 5.56 Å². The van der Waals surface area contributed by atoms with Gasteiger partial charge in [0.05, 0.1) is 16.9 Å². The maximum atomic E-state index is 10.8. The Kier molecular flexibility index (Phi) is 0.768. The Morgan fingerprint density at radius 3 is 3.20 bits per heavy atom. The van der Waals surface area contributed by atoms with Crippen molar-refractivity contribution in [1.82, 2.24) is 14.6 Å². The van der Waals surface area contributed by atoms with Gasteiger partial charge in [-0.05, 0) is 0 Å². The lowest BCUT2D eigenvalue weighted by Crippen LogP contribution is -2.18. The van der Waals surface area contributed by atoms with E-state index in [4.69, 9.17) is 0 Å². The van der Waals surface area contributed by atoms with E-state index in [0.29, 0.717) is 5.22 Å². The maximum Gasteiger partial charge on any atom is 0.271 e. The molecule has 4 heteroatoms. The standard InChI is InChI=1S/C6H5N3O/c1-4-5-2-7-3-9(5)8-6(4)10/h2-3H,1H2,(H,8,10). The van der Waals surface area contributed by atoms with E-state index >= 15 is 0 Å². The first-order valence-electron chi connectivity index (χ1n) is 2.82. The van der Waals surface area contributed by atoms with Crippen molar-refractivity contribution in [1.29, 1.82) is 0 Å². The van der Waals surface area contributed by atoms with E-state index in [1.54, 1.807) is 10.7 Å². The Bertz CT molecular complexity index is 453. The highest BCUT2D eigenvalue weighted by molar-refractivity contribution is 5.45. The largest absolute Gasteiger partial charge is 0.271 e. The molecule has 10 heavy (non-hydrogen) atoms. The third-order valence-electron chi connectivity index (χ3n) is 1.44. The van der Waals surface area contributed by atoms with Gasteiger partial charge in [-0.25, -0.2) is 9.50 Å². The van der Waals surface area contributed by atoms with Crippen LogP contribution < -0.4 is 10.8 Å². The number of rotatable bonds is 0. The molecule has 50 valence electrons. The predicted molar refractivity (Wildman–Crippen MR) is 36.6 cm³/mol. The van der Waals surface area contributed by atoms with Crippen LogP contribution in [0.4, 0.5) is 0 Å². The summed E-state index contributed by atoms with van der Waals surface area (Å²) in [6.07, 6.45) is 3.13. The zero-order valence-electron chi connectivity index (χ0n) is 5.16. The lowest BCUT2D eigenvalue weighted by atomic mass is 10.5. The number of nitrogens with one attached hydrogen (secondary N) is 1. The summed E-state index contributed by atoms with van der Waals surface area (Å²) in [6.45, 7) is 3.58. The molecule has 1 N–H and O–H groups in total. The van der Waals surface area contributed by atoms with E-state index in [-0.39, 0.29) is 5.56 Å². The van der Waals surface area contributed by atoms with Gasteiger partial charge < -0.3 is 0 Å². The van der Waals surface area contributed by atoms with Crippen molar-refractivity contribution in [3.63, 3.8) is 0 Å². The van der Waals surface area contributed by atoms with Crippen molar-refractivity contribution in [2.45, 2.75) is 0 Å². The summed E-state index contributed by atoms with van der Waals surface area (Å²) < 4.78 is 1.55. The first-order chi connectivity index (χ1) is 4.79. The van der Waals surface area contributed by atoms with Crippen molar-refractivity contribution in [2.75, 3.05) is 0 Å². The van der Waals surface area contributed by atoms with Crippen molar-refractivity contribution in [2.24, 2.45) is 0 Å². The molecule has 2 aromatic rings. The molecule has 0 unspecified atom stereocenters. The molecule has 4 nitrogen and oxygen atoms in total. The van der Waals surface area contributed by atoms with Crippen LogP contribution in [0.1, 0.15) is 0 Å². The third kappa shape index (κ3) is 0.452. The number of H-pyrrole nitrogens is 1. The fraction of sp³-hybridized carbons (Fsp3) is 0. The van der Waals surface area contributed by atoms with Gasteiger partial charge in [0, 0.05) is 0 Å². The highest BCUT2D eigenvalue weighted by atomic mass is 16.1. The molecule has 0 aromatic carbocycles. The summed E-state index contributed by atoms with van der Waals surface area (Å²) in [4.78, 5) is 14.6. The number of hydrogen-bond acceptors (Lipinski definition) is 2. The van der Waals surface area contributed by atoms with E-state index in [2.05, 4.69) is 16.7 Å². The minimum Gasteiger partial charge on any atom is -0.267 e. The fourth-order valence-electron chi connectivity index (χ4n) is 0.901. The van der Waals surface area contributed by atoms with Crippen LogP contribution >= 0.6 is 0 Å². The molecular formula is C6H5N3O. The predicted octanol–water partition coefficient (Wildman–Crippen LogP) is -0.848. The van der Waals surface area contributed by atoms with Crippen LogP contribution in [0, 0.1) is 0 Å². The molecule has 0 fully saturated rings. The van der Waals surface area contributed by atoms with Gasteiger partial charge in [-0.3, -0.25) is 9.89 Å². The number of nitrogens with zero attached hydrogens (tertiary/aromatic N) is 2. The number of aromatic nitrogens is 3. The molecular weight excluding hydrogens is 130 g/mol.